The van der Waals surface area contributed by atoms with Crippen molar-refractivity contribution in [1.29, 1.82) is 0 Å². The molecule has 3 heterocycles. The van der Waals surface area contributed by atoms with Crippen LogP contribution in [-0.4, -0.2) is 44.9 Å². The number of ether oxygens (including phenoxy) is 2. The van der Waals surface area contributed by atoms with Gasteiger partial charge in [-0.3, -0.25) is 4.79 Å². The number of thiazole rings is 1. The number of hydrogen-bond donors (Lipinski definition) is 1. The molecule has 1 aromatic carbocycles. The lowest BCUT2D eigenvalue weighted by Crippen LogP contribution is -2.24. The number of methoxy groups -OCH3 is 2. The van der Waals surface area contributed by atoms with E-state index in [4.69, 9.17) is 9.47 Å². The summed E-state index contributed by atoms with van der Waals surface area (Å²) in [7, 11) is 3.17. The maximum Gasteiger partial charge on any atom is 0.255 e. The molecule has 164 valence electrons. The molecule has 32 heavy (non-hydrogen) atoms. The van der Waals surface area contributed by atoms with E-state index in [0.717, 1.165) is 16.3 Å². The number of benzene rings is 1. The van der Waals surface area contributed by atoms with Crippen LogP contribution in [0.3, 0.4) is 0 Å². The number of nitrogens with one attached hydrogen (secondary N) is 1. The van der Waals surface area contributed by atoms with Crippen LogP contribution in [0.2, 0.25) is 0 Å². The van der Waals surface area contributed by atoms with Crippen LogP contribution in [0.1, 0.15) is 26.8 Å². The largest absolute Gasteiger partial charge is 0.496 e. The summed E-state index contributed by atoms with van der Waals surface area (Å²) >= 11 is 1.54. The van der Waals surface area contributed by atoms with Gasteiger partial charge in [-0.25, -0.2) is 15.0 Å². The molecule has 9 nitrogen and oxygen atoms in total. The van der Waals surface area contributed by atoms with E-state index in [9.17, 15) is 4.79 Å². The van der Waals surface area contributed by atoms with Crippen LogP contribution in [0.4, 0.5) is 0 Å². The lowest BCUT2D eigenvalue weighted by atomic mass is 10.1. The van der Waals surface area contributed by atoms with Crippen LogP contribution in [0.5, 0.6) is 5.75 Å². The van der Waals surface area contributed by atoms with E-state index in [0.29, 0.717) is 35.2 Å². The van der Waals surface area contributed by atoms with E-state index in [-0.39, 0.29) is 12.5 Å². The van der Waals surface area contributed by atoms with E-state index >= 15 is 0 Å². The Morgan fingerprint density at radius 3 is 2.78 bits per heavy atom. The molecule has 10 heteroatoms. The molecule has 1 amide bonds. The summed E-state index contributed by atoms with van der Waals surface area (Å²) in [5.74, 6) is 0.761. The molecule has 3 aromatic heterocycles. The van der Waals surface area contributed by atoms with Crippen molar-refractivity contribution in [2.24, 2.45) is 0 Å². The summed E-state index contributed by atoms with van der Waals surface area (Å²) in [5, 5.41) is 10.1. The van der Waals surface area contributed by atoms with Crippen LogP contribution in [0.25, 0.3) is 17.2 Å². The fourth-order valence-corrected chi connectivity index (χ4v) is 3.84. The lowest BCUT2D eigenvalue weighted by Gasteiger charge is -2.10. The molecule has 0 spiro atoms. The van der Waals surface area contributed by atoms with Crippen LogP contribution >= 0.6 is 11.3 Å². The molecule has 0 atom stereocenters. The van der Waals surface area contributed by atoms with Crippen LogP contribution < -0.4 is 10.1 Å². The van der Waals surface area contributed by atoms with Crippen molar-refractivity contribution in [1.82, 2.24) is 30.0 Å². The second kappa shape index (κ2) is 9.67. The molecule has 0 aliphatic rings. The molecule has 1 N–H and O–H groups in total. The highest BCUT2D eigenvalue weighted by Gasteiger charge is 2.20. The van der Waals surface area contributed by atoms with Gasteiger partial charge in [0.25, 0.3) is 11.9 Å². The van der Waals surface area contributed by atoms with Gasteiger partial charge in [-0.15, -0.1) is 11.3 Å². The molecule has 4 aromatic rings. The molecular weight excluding hydrogens is 428 g/mol. The van der Waals surface area contributed by atoms with Crippen molar-refractivity contribution >= 4 is 17.2 Å². The van der Waals surface area contributed by atoms with Gasteiger partial charge in [0.15, 0.2) is 0 Å². The molecular formula is C22H22N6O3S. The summed E-state index contributed by atoms with van der Waals surface area (Å²) in [6, 6.07) is 9.39. The van der Waals surface area contributed by atoms with Gasteiger partial charge in [-0.2, -0.15) is 9.78 Å². The Morgan fingerprint density at radius 1 is 1.19 bits per heavy atom. The Bertz CT molecular complexity index is 1240. The average molecular weight is 451 g/mol. The number of carbonyl (C=O) groups excluding carboxylic acids is 1. The molecule has 0 saturated heterocycles. The number of aryl methyl sites for hydroxylation is 1. The Hall–Kier alpha value is -3.63. The van der Waals surface area contributed by atoms with Crippen molar-refractivity contribution < 1.29 is 14.3 Å². The van der Waals surface area contributed by atoms with Crippen LogP contribution in [-0.2, 0) is 17.9 Å². The zero-order chi connectivity index (χ0) is 22.5. The van der Waals surface area contributed by atoms with E-state index in [1.54, 1.807) is 37.8 Å². The topological polar surface area (TPSA) is 104 Å². The number of hydrogen-bond acceptors (Lipinski definition) is 8. The summed E-state index contributed by atoms with van der Waals surface area (Å²) < 4.78 is 12.3. The first kappa shape index (κ1) is 21.6. The molecule has 0 radical (unpaired) electrons. The van der Waals surface area contributed by atoms with Gasteiger partial charge in [-0.05, 0) is 25.1 Å². The molecule has 0 fully saturated rings. The fourth-order valence-electron chi connectivity index (χ4n) is 3.22. The second-order valence-corrected chi connectivity index (χ2v) is 7.89. The van der Waals surface area contributed by atoms with Gasteiger partial charge in [0.05, 0.1) is 54.1 Å². The highest BCUT2D eigenvalue weighted by molar-refractivity contribution is 7.09. The third kappa shape index (κ3) is 4.51. The third-order valence-corrected chi connectivity index (χ3v) is 5.53. The first-order valence-corrected chi connectivity index (χ1v) is 10.7. The summed E-state index contributed by atoms with van der Waals surface area (Å²) in [5.41, 5.74) is 3.27. The number of rotatable bonds is 8. The predicted octanol–water partition coefficient (Wildman–Crippen LogP) is 3.18. The van der Waals surface area contributed by atoms with E-state index in [1.807, 2.05) is 36.6 Å². The van der Waals surface area contributed by atoms with Crippen molar-refractivity contribution in [3.8, 4) is 23.0 Å². The van der Waals surface area contributed by atoms with Crippen molar-refractivity contribution in [3.05, 3.63) is 70.1 Å². The lowest BCUT2D eigenvalue weighted by molar-refractivity contribution is 0.0945. The predicted molar refractivity (Wildman–Crippen MR) is 120 cm³/mol. The summed E-state index contributed by atoms with van der Waals surface area (Å²) in [4.78, 5) is 26.2. The standard InChI is InChI=1S/C22H22N6O3S/c1-14-26-15(13-32-14)10-24-21(29)17-11-25-28(19(17)12-30-2)22-23-9-8-18(27-22)16-6-4-5-7-20(16)31-3/h4-9,11,13H,10,12H2,1-3H3,(H,24,29). The third-order valence-electron chi connectivity index (χ3n) is 4.71. The van der Waals surface area contributed by atoms with Crippen molar-refractivity contribution in [2.75, 3.05) is 14.2 Å². The average Bonchev–Trinajstić information content (AvgIpc) is 3.44. The minimum Gasteiger partial charge on any atom is -0.496 e. The van der Waals surface area contributed by atoms with E-state index in [1.165, 1.54) is 10.9 Å². The maximum atomic E-state index is 12.8. The van der Waals surface area contributed by atoms with Gasteiger partial charge in [0.1, 0.15) is 5.75 Å². The van der Waals surface area contributed by atoms with Gasteiger partial charge in [-0.1, -0.05) is 12.1 Å². The number of aromatic nitrogens is 5. The highest BCUT2D eigenvalue weighted by atomic mass is 32.1. The molecule has 4 rings (SSSR count). The van der Waals surface area contributed by atoms with Crippen molar-refractivity contribution in [3.63, 3.8) is 0 Å². The fraction of sp³-hybridized carbons (Fsp3) is 0.227. The van der Waals surface area contributed by atoms with Crippen LogP contribution in [0.15, 0.2) is 48.1 Å². The Morgan fingerprint density at radius 2 is 2.03 bits per heavy atom. The smallest absolute Gasteiger partial charge is 0.255 e. The molecule has 0 aliphatic heterocycles. The Kier molecular flexibility index (Phi) is 6.52. The first-order chi connectivity index (χ1) is 15.6. The monoisotopic (exact) mass is 450 g/mol. The van der Waals surface area contributed by atoms with Gasteiger partial charge in [0, 0.05) is 24.3 Å². The maximum absolute atomic E-state index is 12.8. The van der Waals surface area contributed by atoms with Crippen LogP contribution in [0, 0.1) is 6.92 Å². The number of para-hydroxylation sites is 1. The quantitative estimate of drug-likeness (QED) is 0.440. The normalized spacial score (nSPS) is 10.8. The molecule has 0 saturated carbocycles. The Balaban J connectivity index is 1.64. The van der Waals surface area contributed by atoms with Gasteiger partial charge in [0.2, 0.25) is 0 Å². The van der Waals surface area contributed by atoms with E-state index in [2.05, 4.69) is 25.4 Å². The zero-order valence-electron chi connectivity index (χ0n) is 17.9. The van der Waals surface area contributed by atoms with Crippen molar-refractivity contribution in [2.45, 2.75) is 20.1 Å². The van der Waals surface area contributed by atoms with E-state index < -0.39 is 0 Å². The number of amides is 1. The minimum atomic E-state index is -0.269. The summed E-state index contributed by atoms with van der Waals surface area (Å²) in [6.45, 7) is 2.43. The SMILES string of the molecule is COCc1c(C(=O)NCc2csc(C)n2)cnn1-c1nccc(-c2ccccc2OC)n1. The van der Waals surface area contributed by atoms with Gasteiger partial charge < -0.3 is 14.8 Å². The molecule has 0 unspecified atom stereocenters. The first-order valence-electron chi connectivity index (χ1n) is 9.82. The highest BCUT2D eigenvalue weighted by Crippen LogP contribution is 2.28. The Labute approximate surface area is 189 Å². The molecule has 0 bridgehead atoms. The number of carbonyl (C=O) groups is 1. The minimum absolute atomic E-state index is 0.167. The second-order valence-electron chi connectivity index (χ2n) is 6.83. The number of nitrogens with zero attached hydrogens (tertiary/aromatic N) is 5. The van der Waals surface area contributed by atoms with Gasteiger partial charge >= 0.3 is 0 Å². The molecule has 0 aliphatic carbocycles. The summed E-state index contributed by atoms with van der Waals surface area (Å²) in [6.07, 6.45) is 3.14. The zero-order valence-corrected chi connectivity index (χ0v) is 18.7.